The normalized spacial score (nSPS) is 14.4. The Balaban J connectivity index is 1.75. The van der Waals surface area contributed by atoms with Crippen molar-refractivity contribution in [2.45, 2.75) is 39.5 Å². The number of hydrogen-bond donors (Lipinski definition) is 2. The zero-order chi connectivity index (χ0) is 18.8. The molecule has 144 valence electrons. The molecule has 0 spiro atoms. The molecule has 0 unspecified atom stereocenters. The molecule has 0 aliphatic carbocycles. The van der Waals surface area contributed by atoms with E-state index in [4.69, 9.17) is 0 Å². The molecule has 1 aromatic heterocycles. The van der Waals surface area contributed by atoms with Crippen molar-refractivity contribution in [2.75, 3.05) is 49.5 Å². The van der Waals surface area contributed by atoms with Crippen LogP contribution in [-0.2, 0) is 9.59 Å². The number of carbonyl (C=O) groups excluding carboxylic acids is 2. The summed E-state index contributed by atoms with van der Waals surface area (Å²) < 4.78 is 0. The van der Waals surface area contributed by atoms with Gasteiger partial charge in [0.1, 0.15) is 5.82 Å². The van der Waals surface area contributed by atoms with E-state index in [1.807, 2.05) is 17.0 Å². The monoisotopic (exact) mass is 361 g/mol. The average Bonchev–Trinajstić information content (AvgIpc) is 2.63. The molecule has 1 aliphatic rings. The number of nitrogens with one attached hydrogen (secondary N) is 2. The van der Waals surface area contributed by atoms with E-state index in [1.54, 1.807) is 6.20 Å². The molecule has 1 saturated heterocycles. The molecule has 2 rings (SSSR count). The first-order chi connectivity index (χ1) is 12.6. The summed E-state index contributed by atoms with van der Waals surface area (Å²) in [5.74, 6) is 0.785. The van der Waals surface area contributed by atoms with Gasteiger partial charge in [-0.1, -0.05) is 13.8 Å². The lowest BCUT2D eigenvalue weighted by Gasteiger charge is -2.27. The van der Waals surface area contributed by atoms with Gasteiger partial charge in [0.2, 0.25) is 11.8 Å². The number of carbonyl (C=O) groups is 2. The molecule has 0 radical (unpaired) electrons. The molecule has 7 nitrogen and oxygen atoms in total. The van der Waals surface area contributed by atoms with Gasteiger partial charge in [0.25, 0.3) is 0 Å². The first-order valence-corrected chi connectivity index (χ1v) is 9.62. The van der Waals surface area contributed by atoms with Gasteiger partial charge in [0, 0.05) is 19.5 Å². The SMILES string of the molecule is CCCN(CCC)CCCC(=O)Nc1ccc(N2CCNC(=O)C2)nc1. The third-order valence-electron chi connectivity index (χ3n) is 4.35. The van der Waals surface area contributed by atoms with Gasteiger partial charge in [-0.2, -0.15) is 0 Å². The predicted octanol–water partition coefficient (Wildman–Crippen LogP) is 1.86. The summed E-state index contributed by atoms with van der Waals surface area (Å²) in [6.45, 7) is 9.21. The summed E-state index contributed by atoms with van der Waals surface area (Å²) in [6, 6.07) is 3.69. The second kappa shape index (κ2) is 10.8. The number of anilines is 2. The van der Waals surface area contributed by atoms with E-state index in [0.717, 1.165) is 51.3 Å². The average molecular weight is 361 g/mol. The predicted molar refractivity (Wildman–Crippen MR) is 104 cm³/mol. The maximum absolute atomic E-state index is 12.1. The molecule has 0 saturated carbocycles. The number of nitrogens with zero attached hydrogens (tertiary/aromatic N) is 3. The fourth-order valence-electron chi connectivity index (χ4n) is 3.14. The topological polar surface area (TPSA) is 77.6 Å². The standard InChI is InChI=1S/C19H31N5O2/c1-3-10-23(11-4-2)12-5-6-18(25)22-16-7-8-17(21-14-16)24-13-9-20-19(26)15-24/h7-8,14H,3-6,9-13,15H2,1-2H3,(H,20,26)(H,22,25). The van der Waals surface area contributed by atoms with E-state index < -0.39 is 0 Å². The first-order valence-electron chi connectivity index (χ1n) is 9.62. The van der Waals surface area contributed by atoms with Gasteiger partial charge in [0.15, 0.2) is 0 Å². The van der Waals surface area contributed by atoms with Crippen molar-refractivity contribution < 1.29 is 9.59 Å². The fraction of sp³-hybridized carbons (Fsp3) is 0.632. The Morgan fingerprint density at radius 2 is 2.04 bits per heavy atom. The molecule has 1 aliphatic heterocycles. The van der Waals surface area contributed by atoms with Gasteiger partial charge < -0.3 is 20.4 Å². The fourth-order valence-corrected chi connectivity index (χ4v) is 3.14. The minimum Gasteiger partial charge on any atom is -0.353 e. The number of pyridine rings is 1. The van der Waals surface area contributed by atoms with Crippen LogP contribution in [-0.4, -0.2) is 61.0 Å². The molecule has 7 heteroatoms. The highest BCUT2D eigenvalue weighted by Crippen LogP contribution is 2.15. The van der Waals surface area contributed by atoms with Crippen LogP contribution in [0.2, 0.25) is 0 Å². The van der Waals surface area contributed by atoms with Crippen molar-refractivity contribution in [1.82, 2.24) is 15.2 Å². The van der Waals surface area contributed by atoms with Gasteiger partial charge in [-0.3, -0.25) is 9.59 Å². The summed E-state index contributed by atoms with van der Waals surface area (Å²) in [5.41, 5.74) is 0.694. The molecule has 26 heavy (non-hydrogen) atoms. The number of aromatic nitrogens is 1. The van der Waals surface area contributed by atoms with E-state index in [2.05, 4.69) is 34.4 Å². The van der Waals surface area contributed by atoms with Gasteiger partial charge in [-0.15, -0.1) is 0 Å². The first kappa shape index (κ1) is 20.2. The van der Waals surface area contributed by atoms with E-state index in [0.29, 0.717) is 25.2 Å². The zero-order valence-electron chi connectivity index (χ0n) is 16.0. The third-order valence-corrected chi connectivity index (χ3v) is 4.35. The van der Waals surface area contributed by atoms with E-state index in [1.165, 1.54) is 0 Å². The second-order valence-electron chi connectivity index (χ2n) is 6.67. The van der Waals surface area contributed by atoms with Crippen LogP contribution in [0.25, 0.3) is 0 Å². The number of rotatable bonds is 10. The number of amides is 2. The molecule has 0 aromatic carbocycles. The summed E-state index contributed by atoms with van der Waals surface area (Å²) in [6.07, 6.45) is 5.31. The van der Waals surface area contributed by atoms with Crippen LogP contribution >= 0.6 is 0 Å². The Labute approximate surface area is 156 Å². The quantitative estimate of drug-likeness (QED) is 0.665. The van der Waals surface area contributed by atoms with E-state index in [-0.39, 0.29) is 11.8 Å². The van der Waals surface area contributed by atoms with Crippen LogP contribution in [0.1, 0.15) is 39.5 Å². The summed E-state index contributed by atoms with van der Waals surface area (Å²) >= 11 is 0. The molecule has 2 N–H and O–H groups in total. The minimum atomic E-state index is 0.00983. The Morgan fingerprint density at radius 1 is 1.27 bits per heavy atom. The van der Waals surface area contributed by atoms with E-state index >= 15 is 0 Å². The highest BCUT2D eigenvalue weighted by molar-refractivity contribution is 5.90. The summed E-state index contributed by atoms with van der Waals surface area (Å²) in [4.78, 5) is 32.3. The third kappa shape index (κ3) is 6.63. The van der Waals surface area contributed by atoms with Crippen LogP contribution in [0.5, 0.6) is 0 Å². The highest BCUT2D eigenvalue weighted by Gasteiger charge is 2.17. The molecule has 2 heterocycles. The van der Waals surface area contributed by atoms with Crippen molar-refractivity contribution in [3.63, 3.8) is 0 Å². The van der Waals surface area contributed by atoms with Crippen molar-refractivity contribution in [1.29, 1.82) is 0 Å². The molecular weight excluding hydrogens is 330 g/mol. The van der Waals surface area contributed by atoms with Crippen molar-refractivity contribution >= 4 is 23.3 Å². The Morgan fingerprint density at radius 3 is 2.65 bits per heavy atom. The minimum absolute atomic E-state index is 0.00983. The van der Waals surface area contributed by atoms with Crippen molar-refractivity contribution in [2.24, 2.45) is 0 Å². The van der Waals surface area contributed by atoms with Crippen molar-refractivity contribution in [3.05, 3.63) is 18.3 Å². The summed E-state index contributed by atoms with van der Waals surface area (Å²) in [7, 11) is 0. The maximum atomic E-state index is 12.1. The lowest BCUT2D eigenvalue weighted by atomic mass is 10.2. The van der Waals surface area contributed by atoms with Crippen LogP contribution in [0.4, 0.5) is 11.5 Å². The molecule has 1 fully saturated rings. The van der Waals surface area contributed by atoms with E-state index in [9.17, 15) is 9.59 Å². The van der Waals surface area contributed by atoms with Crippen LogP contribution in [0.15, 0.2) is 18.3 Å². The summed E-state index contributed by atoms with van der Waals surface area (Å²) in [5, 5.41) is 5.69. The highest BCUT2D eigenvalue weighted by atomic mass is 16.2. The van der Waals surface area contributed by atoms with Crippen LogP contribution < -0.4 is 15.5 Å². The second-order valence-corrected chi connectivity index (χ2v) is 6.67. The van der Waals surface area contributed by atoms with Gasteiger partial charge in [-0.05, 0) is 51.0 Å². The molecular formula is C19H31N5O2. The Kier molecular flexibility index (Phi) is 8.34. The largest absolute Gasteiger partial charge is 0.353 e. The maximum Gasteiger partial charge on any atom is 0.239 e. The number of piperazine rings is 1. The van der Waals surface area contributed by atoms with Gasteiger partial charge in [-0.25, -0.2) is 4.98 Å². The molecule has 0 atom stereocenters. The molecule has 0 bridgehead atoms. The molecule has 1 aromatic rings. The van der Waals surface area contributed by atoms with Gasteiger partial charge >= 0.3 is 0 Å². The van der Waals surface area contributed by atoms with Crippen LogP contribution in [0, 0.1) is 0 Å². The lowest BCUT2D eigenvalue weighted by Crippen LogP contribution is -2.48. The Bertz CT molecular complexity index is 570. The van der Waals surface area contributed by atoms with Crippen molar-refractivity contribution in [3.8, 4) is 0 Å². The van der Waals surface area contributed by atoms with Crippen LogP contribution in [0.3, 0.4) is 0 Å². The molecule has 2 amide bonds. The lowest BCUT2D eigenvalue weighted by molar-refractivity contribution is -0.120. The zero-order valence-corrected chi connectivity index (χ0v) is 16.0. The smallest absolute Gasteiger partial charge is 0.239 e. The number of hydrogen-bond acceptors (Lipinski definition) is 5. The van der Waals surface area contributed by atoms with Gasteiger partial charge in [0.05, 0.1) is 18.4 Å². The Hall–Kier alpha value is -2.15.